The summed E-state index contributed by atoms with van der Waals surface area (Å²) >= 11 is 5.63. The monoisotopic (exact) mass is 380 g/mol. The lowest BCUT2D eigenvalue weighted by Crippen LogP contribution is -2.31. The van der Waals surface area contributed by atoms with E-state index in [1.54, 1.807) is 18.3 Å². The molecule has 3 aromatic rings. The number of hydrogen-bond acceptors (Lipinski definition) is 2. The molecule has 0 spiro atoms. The number of aromatic nitrogens is 2. The van der Waals surface area contributed by atoms with Crippen LogP contribution in [0.15, 0.2) is 67.0 Å². The molecular weight excluding hydrogens is 359 g/mol. The van der Waals surface area contributed by atoms with E-state index in [0.717, 1.165) is 35.2 Å². The average Bonchev–Trinajstić information content (AvgIpc) is 3.28. The fraction of sp³-hybridized carbons (Fsp3) is 0.238. The Hall–Kier alpha value is -2.73. The number of thiocarbonyl (C=S) groups is 1. The smallest absolute Gasteiger partial charge is 0.170 e. The zero-order valence-corrected chi connectivity index (χ0v) is 15.9. The molecule has 6 heteroatoms. The maximum Gasteiger partial charge on any atom is 0.170 e. The predicted molar refractivity (Wildman–Crippen MR) is 108 cm³/mol. The molecule has 1 saturated heterocycles. The molecule has 4 nitrogen and oxygen atoms in total. The Kier molecular flexibility index (Phi) is 4.90. The van der Waals surface area contributed by atoms with Crippen LogP contribution in [0.2, 0.25) is 0 Å². The summed E-state index contributed by atoms with van der Waals surface area (Å²) in [6, 6.07) is 16.5. The Bertz CT molecular complexity index is 940. The Morgan fingerprint density at radius 1 is 1.15 bits per heavy atom. The summed E-state index contributed by atoms with van der Waals surface area (Å²) in [5, 5.41) is 4.17. The van der Waals surface area contributed by atoms with Crippen LogP contribution < -0.4 is 5.32 Å². The van der Waals surface area contributed by atoms with Crippen molar-refractivity contribution in [2.24, 2.45) is 0 Å². The fourth-order valence-corrected chi connectivity index (χ4v) is 4.04. The minimum atomic E-state index is -0.251. The fourth-order valence-electron chi connectivity index (χ4n) is 3.70. The Morgan fingerprint density at radius 2 is 2.04 bits per heavy atom. The van der Waals surface area contributed by atoms with Gasteiger partial charge in [-0.15, -0.1) is 0 Å². The Labute approximate surface area is 163 Å². The molecule has 0 radical (unpaired) electrons. The van der Waals surface area contributed by atoms with Gasteiger partial charge in [-0.2, -0.15) is 0 Å². The van der Waals surface area contributed by atoms with Crippen LogP contribution in [0.5, 0.6) is 0 Å². The second-order valence-electron chi connectivity index (χ2n) is 6.60. The van der Waals surface area contributed by atoms with E-state index in [-0.39, 0.29) is 17.9 Å². The van der Waals surface area contributed by atoms with E-state index in [1.165, 1.54) is 6.07 Å². The molecule has 2 aromatic heterocycles. The number of pyridine rings is 1. The molecule has 2 unspecified atom stereocenters. The van der Waals surface area contributed by atoms with Crippen LogP contribution in [0.3, 0.4) is 0 Å². The minimum Gasteiger partial charge on any atom is -0.352 e. The molecule has 0 saturated carbocycles. The third-order valence-electron chi connectivity index (χ3n) is 4.83. The van der Waals surface area contributed by atoms with Crippen molar-refractivity contribution in [2.75, 3.05) is 6.54 Å². The standard InChI is InChI=1S/C21H21FN4S/c1-2-12-26-20(19(24-21(26)27)17-9-3-4-11-23-17)18-10-6-13-25(18)16-8-5-7-15(22)14-16/h3-11,13-14,19-20H,2,12H2,1H3,(H,24,27). The van der Waals surface area contributed by atoms with Crippen LogP contribution in [0.25, 0.3) is 5.69 Å². The van der Waals surface area contributed by atoms with Crippen LogP contribution in [0, 0.1) is 5.82 Å². The highest BCUT2D eigenvalue weighted by molar-refractivity contribution is 7.80. The molecule has 2 atom stereocenters. The molecule has 0 bridgehead atoms. The van der Waals surface area contributed by atoms with Gasteiger partial charge < -0.3 is 14.8 Å². The zero-order valence-electron chi connectivity index (χ0n) is 15.0. The van der Waals surface area contributed by atoms with Crippen LogP contribution in [0.4, 0.5) is 4.39 Å². The van der Waals surface area contributed by atoms with E-state index in [2.05, 4.69) is 28.2 Å². The van der Waals surface area contributed by atoms with Gasteiger partial charge in [0.05, 0.1) is 17.8 Å². The van der Waals surface area contributed by atoms with E-state index in [9.17, 15) is 4.39 Å². The second kappa shape index (κ2) is 7.48. The van der Waals surface area contributed by atoms with E-state index in [4.69, 9.17) is 12.2 Å². The normalized spacial score (nSPS) is 19.3. The third-order valence-corrected chi connectivity index (χ3v) is 5.18. The highest BCUT2D eigenvalue weighted by atomic mass is 32.1. The number of nitrogens with one attached hydrogen (secondary N) is 1. The Morgan fingerprint density at radius 3 is 2.78 bits per heavy atom. The summed E-state index contributed by atoms with van der Waals surface area (Å²) in [4.78, 5) is 6.76. The molecule has 4 rings (SSSR count). The maximum absolute atomic E-state index is 13.8. The van der Waals surface area contributed by atoms with Crippen LogP contribution in [-0.2, 0) is 0 Å². The molecule has 0 amide bonds. The van der Waals surface area contributed by atoms with Crippen LogP contribution in [-0.4, -0.2) is 26.1 Å². The topological polar surface area (TPSA) is 33.1 Å². The lowest BCUT2D eigenvalue weighted by molar-refractivity contribution is 0.309. The number of benzene rings is 1. The van der Waals surface area contributed by atoms with Crippen LogP contribution >= 0.6 is 12.2 Å². The number of hydrogen-bond donors (Lipinski definition) is 1. The summed E-state index contributed by atoms with van der Waals surface area (Å²) in [7, 11) is 0. The molecule has 3 heterocycles. The highest BCUT2D eigenvalue weighted by Gasteiger charge is 2.40. The van der Waals surface area contributed by atoms with Gasteiger partial charge >= 0.3 is 0 Å². The average molecular weight is 380 g/mol. The summed E-state index contributed by atoms with van der Waals surface area (Å²) in [6.07, 6.45) is 4.74. The first-order valence-electron chi connectivity index (χ1n) is 9.10. The predicted octanol–water partition coefficient (Wildman–Crippen LogP) is 4.39. The van der Waals surface area contributed by atoms with Crippen molar-refractivity contribution >= 4 is 17.3 Å². The summed E-state index contributed by atoms with van der Waals surface area (Å²) < 4.78 is 15.8. The summed E-state index contributed by atoms with van der Waals surface area (Å²) in [6.45, 7) is 2.98. The maximum atomic E-state index is 13.8. The highest BCUT2D eigenvalue weighted by Crippen LogP contribution is 2.39. The molecular formula is C21H21FN4S. The zero-order chi connectivity index (χ0) is 18.8. The van der Waals surface area contributed by atoms with Crippen molar-refractivity contribution in [3.63, 3.8) is 0 Å². The molecule has 1 aliphatic rings. The van der Waals surface area contributed by atoms with Crippen molar-refractivity contribution in [3.05, 3.63) is 84.2 Å². The van der Waals surface area contributed by atoms with Gasteiger partial charge in [0.1, 0.15) is 5.82 Å². The minimum absolute atomic E-state index is 0.0226. The lowest BCUT2D eigenvalue weighted by atomic mass is 10.0. The molecule has 1 aromatic carbocycles. The molecule has 1 aliphatic heterocycles. The van der Waals surface area contributed by atoms with Gasteiger partial charge in [0, 0.05) is 30.3 Å². The van der Waals surface area contributed by atoms with Gasteiger partial charge in [0.15, 0.2) is 5.11 Å². The van der Waals surface area contributed by atoms with E-state index in [1.807, 2.05) is 41.1 Å². The second-order valence-corrected chi connectivity index (χ2v) is 6.99. The van der Waals surface area contributed by atoms with Gasteiger partial charge in [-0.25, -0.2) is 4.39 Å². The largest absolute Gasteiger partial charge is 0.352 e. The lowest BCUT2D eigenvalue weighted by Gasteiger charge is -2.28. The molecule has 0 aliphatic carbocycles. The SMILES string of the molecule is CCCN1C(=S)NC(c2ccccn2)C1c1cccn1-c1cccc(F)c1. The van der Waals surface area contributed by atoms with Crippen molar-refractivity contribution in [2.45, 2.75) is 25.4 Å². The van der Waals surface area contributed by atoms with Crippen molar-refractivity contribution in [3.8, 4) is 5.69 Å². The van der Waals surface area contributed by atoms with Gasteiger partial charge in [0.2, 0.25) is 0 Å². The molecule has 138 valence electrons. The molecule has 1 fully saturated rings. The van der Waals surface area contributed by atoms with Gasteiger partial charge in [-0.05, 0) is 61.1 Å². The van der Waals surface area contributed by atoms with E-state index >= 15 is 0 Å². The van der Waals surface area contributed by atoms with Gasteiger partial charge in [-0.1, -0.05) is 19.1 Å². The van der Waals surface area contributed by atoms with Gasteiger partial charge in [0.25, 0.3) is 0 Å². The summed E-state index contributed by atoms with van der Waals surface area (Å²) in [5.74, 6) is -0.251. The Balaban J connectivity index is 1.81. The van der Waals surface area contributed by atoms with Gasteiger partial charge in [-0.3, -0.25) is 4.98 Å². The van der Waals surface area contributed by atoms with Crippen molar-refractivity contribution in [1.82, 2.24) is 19.8 Å². The first-order chi connectivity index (χ1) is 13.2. The van der Waals surface area contributed by atoms with Crippen molar-refractivity contribution < 1.29 is 4.39 Å². The number of rotatable bonds is 5. The van der Waals surface area contributed by atoms with E-state index in [0.29, 0.717) is 0 Å². The summed E-state index contributed by atoms with van der Waals surface area (Å²) in [5.41, 5.74) is 2.79. The third kappa shape index (κ3) is 3.32. The quantitative estimate of drug-likeness (QED) is 0.666. The van der Waals surface area contributed by atoms with Crippen LogP contribution in [0.1, 0.15) is 36.8 Å². The van der Waals surface area contributed by atoms with Crippen molar-refractivity contribution in [1.29, 1.82) is 0 Å². The first-order valence-corrected chi connectivity index (χ1v) is 9.51. The molecule has 1 N–H and O–H groups in total. The number of halogens is 1. The number of nitrogens with zero attached hydrogens (tertiary/aromatic N) is 3. The molecule has 27 heavy (non-hydrogen) atoms. The van der Waals surface area contributed by atoms with E-state index < -0.39 is 0 Å². The first kappa shape index (κ1) is 17.7.